The van der Waals surface area contributed by atoms with Gasteiger partial charge in [-0.25, -0.2) is 0 Å². The van der Waals surface area contributed by atoms with Crippen molar-refractivity contribution in [2.45, 2.75) is 18.9 Å². The van der Waals surface area contributed by atoms with E-state index in [-0.39, 0.29) is 6.04 Å². The van der Waals surface area contributed by atoms with Crippen LogP contribution in [0.25, 0.3) is 21.2 Å². The summed E-state index contributed by atoms with van der Waals surface area (Å²) in [5, 5.41) is 2.45. The zero-order chi connectivity index (χ0) is 13.5. The van der Waals surface area contributed by atoms with Gasteiger partial charge in [0.15, 0.2) is 0 Å². The molecule has 0 amide bonds. The molecule has 3 heteroatoms. The van der Waals surface area contributed by atoms with Gasteiger partial charge in [0, 0.05) is 33.6 Å². The first-order valence-corrected chi connectivity index (χ1v) is 7.83. The highest BCUT2D eigenvalue weighted by molar-refractivity contribution is 7.15. The molecule has 0 saturated heterocycles. The van der Waals surface area contributed by atoms with Crippen molar-refractivity contribution in [3.63, 3.8) is 0 Å². The third-order valence-corrected chi connectivity index (χ3v) is 5.25. The number of hydrogen-bond acceptors (Lipinski definition) is 3. The topological polar surface area (TPSA) is 38.9 Å². The Kier molecular flexibility index (Phi) is 2.83. The van der Waals surface area contributed by atoms with E-state index in [0.717, 1.165) is 0 Å². The highest BCUT2D eigenvalue weighted by Crippen LogP contribution is 2.43. The molecule has 2 aromatic heterocycles. The molecule has 2 nitrogen and oxygen atoms in total. The van der Waals surface area contributed by atoms with E-state index in [2.05, 4.69) is 41.4 Å². The smallest absolute Gasteiger partial charge is 0.0418 e. The van der Waals surface area contributed by atoms with Crippen LogP contribution < -0.4 is 5.73 Å². The van der Waals surface area contributed by atoms with Gasteiger partial charge in [0.2, 0.25) is 0 Å². The minimum Gasteiger partial charge on any atom is -0.323 e. The Labute approximate surface area is 122 Å². The van der Waals surface area contributed by atoms with Gasteiger partial charge in [-0.15, -0.1) is 11.3 Å². The molecular weight excluding hydrogens is 264 g/mol. The monoisotopic (exact) mass is 280 g/mol. The van der Waals surface area contributed by atoms with Crippen LogP contribution in [0.1, 0.15) is 23.8 Å². The van der Waals surface area contributed by atoms with Crippen molar-refractivity contribution >= 4 is 22.1 Å². The lowest BCUT2D eigenvalue weighted by Gasteiger charge is -2.07. The molecule has 1 unspecified atom stereocenters. The van der Waals surface area contributed by atoms with E-state index >= 15 is 0 Å². The third-order valence-electron chi connectivity index (χ3n) is 4.03. The standard InChI is InChI=1S/C17H16N2S/c18-17(11-4-5-11)16-7-6-15(20-16)14-3-1-2-12-10-19-9-8-13(12)14/h1-3,6-11,17H,4-5,18H2. The largest absolute Gasteiger partial charge is 0.323 e. The van der Waals surface area contributed by atoms with Crippen molar-refractivity contribution in [3.8, 4) is 10.4 Å². The van der Waals surface area contributed by atoms with Crippen LogP contribution in [0.5, 0.6) is 0 Å². The lowest BCUT2D eigenvalue weighted by atomic mass is 10.1. The van der Waals surface area contributed by atoms with Gasteiger partial charge in [0.25, 0.3) is 0 Å². The number of fused-ring (bicyclic) bond motifs is 1. The number of nitrogens with zero attached hydrogens (tertiary/aromatic N) is 1. The fourth-order valence-corrected chi connectivity index (χ4v) is 3.84. The van der Waals surface area contributed by atoms with Crippen LogP contribution in [-0.2, 0) is 0 Å². The van der Waals surface area contributed by atoms with Gasteiger partial charge in [-0.1, -0.05) is 18.2 Å². The van der Waals surface area contributed by atoms with Crippen molar-refractivity contribution < 1.29 is 0 Å². The predicted molar refractivity (Wildman–Crippen MR) is 84.7 cm³/mol. The second-order valence-corrected chi connectivity index (χ2v) is 6.58. The SMILES string of the molecule is NC(c1ccc(-c2cccc3cnccc23)s1)C1CC1. The molecule has 0 radical (unpaired) electrons. The molecule has 1 aliphatic rings. The maximum atomic E-state index is 6.30. The average Bonchev–Trinajstić information content (AvgIpc) is 3.23. The van der Waals surface area contributed by atoms with E-state index in [1.54, 1.807) is 0 Å². The molecule has 1 aromatic carbocycles. The second-order valence-electron chi connectivity index (χ2n) is 5.47. The molecule has 2 N–H and O–H groups in total. The highest BCUT2D eigenvalue weighted by atomic mass is 32.1. The third kappa shape index (κ3) is 2.03. The Hall–Kier alpha value is -1.71. The Balaban J connectivity index is 1.79. The molecule has 0 spiro atoms. The Morgan fingerprint density at radius 3 is 2.90 bits per heavy atom. The van der Waals surface area contributed by atoms with Crippen LogP contribution in [0.2, 0.25) is 0 Å². The van der Waals surface area contributed by atoms with Crippen LogP contribution in [0, 0.1) is 5.92 Å². The molecule has 2 heterocycles. The van der Waals surface area contributed by atoms with Crippen molar-refractivity contribution in [1.29, 1.82) is 0 Å². The van der Waals surface area contributed by atoms with E-state index in [1.807, 2.05) is 23.7 Å². The minimum absolute atomic E-state index is 0.227. The molecule has 3 aromatic rings. The molecule has 4 rings (SSSR count). The number of thiophene rings is 1. The first-order valence-electron chi connectivity index (χ1n) is 7.01. The minimum atomic E-state index is 0.227. The molecule has 1 aliphatic carbocycles. The van der Waals surface area contributed by atoms with Gasteiger partial charge in [-0.05, 0) is 47.9 Å². The number of pyridine rings is 1. The summed E-state index contributed by atoms with van der Waals surface area (Å²) in [4.78, 5) is 6.81. The predicted octanol–water partition coefficient (Wildman–Crippen LogP) is 4.37. The van der Waals surface area contributed by atoms with E-state index in [9.17, 15) is 0 Å². The fraction of sp³-hybridized carbons (Fsp3) is 0.235. The summed E-state index contributed by atoms with van der Waals surface area (Å²) < 4.78 is 0. The highest BCUT2D eigenvalue weighted by Gasteiger charge is 2.30. The van der Waals surface area contributed by atoms with Crippen LogP contribution in [0.4, 0.5) is 0 Å². The number of benzene rings is 1. The summed E-state index contributed by atoms with van der Waals surface area (Å²) in [6, 6.07) is 13.1. The van der Waals surface area contributed by atoms with Crippen LogP contribution >= 0.6 is 11.3 Å². The summed E-state index contributed by atoms with van der Waals surface area (Å²) in [6.07, 6.45) is 6.35. The normalized spacial score (nSPS) is 16.4. The molecule has 20 heavy (non-hydrogen) atoms. The Bertz CT molecular complexity index is 753. The summed E-state index contributed by atoms with van der Waals surface area (Å²) in [5.74, 6) is 0.707. The molecule has 1 saturated carbocycles. The lowest BCUT2D eigenvalue weighted by molar-refractivity contribution is 0.645. The van der Waals surface area contributed by atoms with Gasteiger partial charge in [0.1, 0.15) is 0 Å². The summed E-state index contributed by atoms with van der Waals surface area (Å²) in [7, 11) is 0. The molecule has 100 valence electrons. The zero-order valence-electron chi connectivity index (χ0n) is 11.1. The number of nitrogens with two attached hydrogens (primary N) is 1. The maximum Gasteiger partial charge on any atom is 0.0418 e. The molecular formula is C17H16N2S. The molecule has 1 atom stereocenters. The Morgan fingerprint density at radius 1 is 1.15 bits per heavy atom. The van der Waals surface area contributed by atoms with Crippen molar-refractivity contribution in [1.82, 2.24) is 4.98 Å². The van der Waals surface area contributed by atoms with Crippen molar-refractivity contribution in [3.05, 3.63) is 53.7 Å². The summed E-state index contributed by atoms with van der Waals surface area (Å²) in [6.45, 7) is 0. The fourth-order valence-electron chi connectivity index (χ4n) is 2.70. The van der Waals surface area contributed by atoms with Crippen LogP contribution in [0.3, 0.4) is 0 Å². The van der Waals surface area contributed by atoms with Gasteiger partial charge in [0.05, 0.1) is 0 Å². The van der Waals surface area contributed by atoms with Gasteiger partial charge >= 0.3 is 0 Å². The van der Waals surface area contributed by atoms with Gasteiger partial charge in [-0.2, -0.15) is 0 Å². The maximum absolute atomic E-state index is 6.30. The van der Waals surface area contributed by atoms with E-state index in [4.69, 9.17) is 5.73 Å². The van der Waals surface area contributed by atoms with Gasteiger partial charge < -0.3 is 5.73 Å². The average molecular weight is 280 g/mol. The van der Waals surface area contributed by atoms with Crippen molar-refractivity contribution in [2.75, 3.05) is 0 Å². The number of rotatable bonds is 3. The van der Waals surface area contributed by atoms with Crippen molar-refractivity contribution in [2.24, 2.45) is 11.7 Å². The summed E-state index contributed by atoms with van der Waals surface area (Å²) >= 11 is 1.83. The molecule has 1 fully saturated rings. The van der Waals surface area contributed by atoms with Crippen LogP contribution in [-0.4, -0.2) is 4.98 Å². The summed E-state index contributed by atoms with van der Waals surface area (Å²) in [5.41, 5.74) is 7.59. The van der Waals surface area contributed by atoms with Gasteiger partial charge in [-0.3, -0.25) is 4.98 Å². The van der Waals surface area contributed by atoms with E-state index in [0.29, 0.717) is 5.92 Å². The second kappa shape index (κ2) is 4.69. The number of hydrogen-bond donors (Lipinski definition) is 1. The first-order chi connectivity index (χ1) is 9.83. The quantitative estimate of drug-likeness (QED) is 0.773. The van der Waals surface area contributed by atoms with Crippen LogP contribution in [0.15, 0.2) is 48.8 Å². The lowest BCUT2D eigenvalue weighted by Crippen LogP contribution is -2.10. The number of aromatic nitrogens is 1. The zero-order valence-corrected chi connectivity index (χ0v) is 11.9. The first kappa shape index (κ1) is 12.1. The molecule has 0 bridgehead atoms. The Morgan fingerprint density at radius 2 is 2.05 bits per heavy atom. The molecule has 0 aliphatic heterocycles. The van der Waals surface area contributed by atoms with E-state index in [1.165, 1.54) is 38.9 Å². The van der Waals surface area contributed by atoms with E-state index < -0.39 is 0 Å².